The molecule has 5 amide bonds. The summed E-state index contributed by atoms with van der Waals surface area (Å²) in [6.07, 6.45) is -0.0278. The number of hydrogen-bond acceptors (Lipinski definition) is 3. The van der Waals surface area contributed by atoms with Crippen molar-refractivity contribution in [3.63, 3.8) is 0 Å². The fraction of sp³-hybridized carbons (Fsp3) is 0.571. The summed E-state index contributed by atoms with van der Waals surface area (Å²) in [5, 5.41) is 16.6. The quantitative estimate of drug-likeness (QED) is 0.666. The molecular formula is C7H10N4O4. The summed E-state index contributed by atoms with van der Waals surface area (Å²) in [4.78, 5) is 32.8. The average Bonchev–Trinajstić information content (AvgIpc) is 2.47. The number of amides is 5. The molecule has 82 valence electrons. The van der Waals surface area contributed by atoms with Crippen LogP contribution in [-0.2, 0) is 0 Å². The first-order chi connectivity index (χ1) is 7.11. The van der Waals surface area contributed by atoms with Gasteiger partial charge >= 0.3 is 18.2 Å². The molecule has 8 nitrogen and oxygen atoms in total. The molecule has 15 heavy (non-hydrogen) atoms. The van der Waals surface area contributed by atoms with Gasteiger partial charge in [-0.3, -0.25) is 0 Å². The van der Waals surface area contributed by atoms with Crippen LogP contribution in [0.1, 0.15) is 12.8 Å². The minimum Gasteiger partial charge on any atom is -0.465 e. The number of azo groups is 1. The minimum absolute atomic E-state index is 0.214. The number of rotatable bonds is 5. The number of nitrogens with one attached hydrogen (secondary N) is 1. The van der Waals surface area contributed by atoms with E-state index in [0.717, 1.165) is 4.90 Å². The maximum Gasteiger partial charge on any atom is 0.404 e. The van der Waals surface area contributed by atoms with E-state index in [2.05, 4.69) is 15.5 Å². The lowest BCUT2D eigenvalue weighted by Crippen LogP contribution is -2.30. The summed E-state index contributed by atoms with van der Waals surface area (Å²) >= 11 is 0. The van der Waals surface area contributed by atoms with Gasteiger partial charge in [0.25, 0.3) is 0 Å². The lowest BCUT2D eigenvalue weighted by Gasteiger charge is -2.09. The van der Waals surface area contributed by atoms with Crippen LogP contribution < -0.4 is 5.32 Å². The van der Waals surface area contributed by atoms with Gasteiger partial charge in [0.15, 0.2) is 0 Å². The smallest absolute Gasteiger partial charge is 0.404 e. The van der Waals surface area contributed by atoms with Gasteiger partial charge in [-0.2, -0.15) is 0 Å². The standard InChI is InChI=1S/C7H10N4O4/c12-5-9-10-6(13)11(5)4-2-1-3-8-7(14)15/h8H,1-4H2,(H,14,15). The van der Waals surface area contributed by atoms with E-state index in [0.29, 0.717) is 19.4 Å². The molecule has 8 heteroatoms. The maximum absolute atomic E-state index is 10.9. The van der Waals surface area contributed by atoms with E-state index < -0.39 is 18.2 Å². The molecule has 0 saturated heterocycles. The number of carboxylic acid groups (broad SMARTS) is 1. The van der Waals surface area contributed by atoms with Crippen molar-refractivity contribution in [3.8, 4) is 0 Å². The van der Waals surface area contributed by atoms with Crippen LogP contribution in [0.25, 0.3) is 0 Å². The van der Waals surface area contributed by atoms with Crippen molar-refractivity contribution >= 4 is 18.2 Å². The van der Waals surface area contributed by atoms with Crippen LogP contribution in [0.3, 0.4) is 0 Å². The second-order valence-electron chi connectivity index (χ2n) is 2.86. The van der Waals surface area contributed by atoms with E-state index >= 15 is 0 Å². The van der Waals surface area contributed by atoms with Gasteiger partial charge in [0, 0.05) is 13.1 Å². The number of imide groups is 1. The molecule has 0 aromatic rings. The molecule has 0 aromatic heterocycles. The van der Waals surface area contributed by atoms with Crippen LogP contribution in [0.4, 0.5) is 14.4 Å². The molecule has 0 spiro atoms. The Morgan fingerprint density at radius 1 is 1.27 bits per heavy atom. The first-order valence-electron chi connectivity index (χ1n) is 4.35. The molecule has 1 aliphatic rings. The molecular weight excluding hydrogens is 204 g/mol. The van der Waals surface area contributed by atoms with E-state index in [9.17, 15) is 14.4 Å². The van der Waals surface area contributed by atoms with Crippen LogP contribution >= 0.6 is 0 Å². The molecule has 0 radical (unpaired) electrons. The Kier molecular flexibility index (Phi) is 3.72. The van der Waals surface area contributed by atoms with E-state index in [1.54, 1.807) is 0 Å². The fourth-order valence-corrected chi connectivity index (χ4v) is 1.06. The summed E-state index contributed by atoms with van der Waals surface area (Å²) in [6.45, 7) is 0.506. The third-order valence-electron chi connectivity index (χ3n) is 1.77. The third kappa shape index (κ3) is 3.33. The van der Waals surface area contributed by atoms with Crippen molar-refractivity contribution in [1.82, 2.24) is 10.2 Å². The summed E-state index contributed by atoms with van der Waals surface area (Å²) in [5.74, 6) is 0. The zero-order valence-corrected chi connectivity index (χ0v) is 7.84. The third-order valence-corrected chi connectivity index (χ3v) is 1.77. The zero-order valence-electron chi connectivity index (χ0n) is 7.84. The SMILES string of the molecule is O=C(O)NCCCCN1C(=O)N=NC1=O. The highest BCUT2D eigenvalue weighted by Crippen LogP contribution is 2.08. The Morgan fingerprint density at radius 2 is 1.87 bits per heavy atom. The van der Waals surface area contributed by atoms with Crippen LogP contribution in [0.5, 0.6) is 0 Å². The summed E-state index contributed by atoms with van der Waals surface area (Å²) in [7, 11) is 0. The second-order valence-corrected chi connectivity index (χ2v) is 2.86. The molecule has 0 aliphatic carbocycles. The Balaban J connectivity index is 2.13. The molecule has 1 heterocycles. The Hall–Kier alpha value is -1.99. The number of hydrogen-bond donors (Lipinski definition) is 2. The van der Waals surface area contributed by atoms with E-state index in [1.807, 2.05) is 0 Å². The van der Waals surface area contributed by atoms with Crippen molar-refractivity contribution in [2.45, 2.75) is 12.8 Å². The van der Waals surface area contributed by atoms with Crippen LogP contribution in [0.15, 0.2) is 10.2 Å². The van der Waals surface area contributed by atoms with Crippen molar-refractivity contribution in [1.29, 1.82) is 0 Å². The minimum atomic E-state index is -1.09. The number of unbranched alkanes of at least 4 members (excludes halogenated alkanes) is 1. The molecule has 2 N–H and O–H groups in total. The van der Waals surface area contributed by atoms with Crippen LogP contribution in [-0.4, -0.2) is 41.3 Å². The topological polar surface area (TPSA) is 111 Å². The number of nitrogens with zero attached hydrogens (tertiary/aromatic N) is 3. The van der Waals surface area contributed by atoms with Gasteiger partial charge < -0.3 is 10.4 Å². The van der Waals surface area contributed by atoms with Crippen molar-refractivity contribution in [2.24, 2.45) is 10.2 Å². The molecule has 0 aromatic carbocycles. The molecule has 0 atom stereocenters. The molecule has 0 bridgehead atoms. The molecule has 0 unspecified atom stereocenters. The predicted octanol–water partition coefficient (Wildman–Crippen LogP) is 1.04. The van der Waals surface area contributed by atoms with Gasteiger partial charge in [-0.25, -0.2) is 19.3 Å². The summed E-state index contributed by atoms with van der Waals surface area (Å²) in [5.41, 5.74) is 0. The normalized spacial score (nSPS) is 14.8. The average molecular weight is 214 g/mol. The zero-order chi connectivity index (χ0) is 11.3. The number of carbonyl (C=O) groups excluding carboxylic acids is 2. The van der Waals surface area contributed by atoms with E-state index in [1.165, 1.54) is 0 Å². The summed E-state index contributed by atoms with van der Waals surface area (Å²) in [6, 6.07) is -1.32. The van der Waals surface area contributed by atoms with E-state index in [-0.39, 0.29) is 6.54 Å². The van der Waals surface area contributed by atoms with Gasteiger partial charge in [0.05, 0.1) is 0 Å². The lowest BCUT2D eigenvalue weighted by atomic mass is 10.3. The van der Waals surface area contributed by atoms with Gasteiger partial charge in [0.2, 0.25) is 0 Å². The van der Waals surface area contributed by atoms with Gasteiger partial charge in [-0.15, -0.1) is 0 Å². The fourth-order valence-electron chi connectivity index (χ4n) is 1.06. The number of urea groups is 2. The molecule has 1 rings (SSSR count). The first kappa shape index (κ1) is 11.1. The monoisotopic (exact) mass is 214 g/mol. The highest BCUT2D eigenvalue weighted by molar-refractivity contribution is 5.98. The van der Waals surface area contributed by atoms with Crippen molar-refractivity contribution in [2.75, 3.05) is 13.1 Å². The van der Waals surface area contributed by atoms with E-state index in [4.69, 9.17) is 5.11 Å². The Morgan fingerprint density at radius 3 is 2.40 bits per heavy atom. The Labute approximate surface area is 85.0 Å². The van der Waals surface area contributed by atoms with Gasteiger partial charge in [0.1, 0.15) is 0 Å². The van der Waals surface area contributed by atoms with Crippen LogP contribution in [0.2, 0.25) is 0 Å². The second kappa shape index (κ2) is 5.03. The number of carbonyl (C=O) groups is 3. The van der Waals surface area contributed by atoms with Crippen LogP contribution in [0, 0.1) is 0 Å². The predicted molar refractivity (Wildman–Crippen MR) is 47.6 cm³/mol. The highest BCUT2D eigenvalue weighted by Gasteiger charge is 2.26. The van der Waals surface area contributed by atoms with Gasteiger partial charge in [-0.1, -0.05) is 10.2 Å². The Bertz CT molecular complexity index is 296. The largest absolute Gasteiger partial charge is 0.465 e. The summed E-state index contributed by atoms with van der Waals surface area (Å²) < 4.78 is 0. The lowest BCUT2D eigenvalue weighted by molar-refractivity contribution is 0.193. The van der Waals surface area contributed by atoms with Gasteiger partial charge in [-0.05, 0) is 12.8 Å². The molecule has 0 saturated carbocycles. The first-order valence-corrected chi connectivity index (χ1v) is 4.35. The molecule has 0 fully saturated rings. The maximum atomic E-state index is 10.9. The highest BCUT2D eigenvalue weighted by atomic mass is 16.4. The van der Waals surface area contributed by atoms with Crippen molar-refractivity contribution < 1.29 is 19.5 Å². The van der Waals surface area contributed by atoms with Crippen molar-refractivity contribution in [3.05, 3.63) is 0 Å². The molecule has 1 aliphatic heterocycles.